The van der Waals surface area contributed by atoms with Crippen molar-refractivity contribution in [1.29, 1.82) is 0 Å². The van der Waals surface area contributed by atoms with E-state index in [1.165, 1.54) is 17.3 Å². The van der Waals surface area contributed by atoms with Gasteiger partial charge in [0.15, 0.2) is 0 Å². The summed E-state index contributed by atoms with van der Waals surface area (Å²) in [5.41, 5.74) is 1.33. The molecule has 1 heterocycles. The molecular weight excluding hydrogens is 242 g/mol. The largest absolute Gasteiger partial charge is 0.481 e. The number of carboxylic acids is 1. The standard InChI is InChI=1S/C11H10ClN3O2/c1-7(11(16)17)8-2-3-10(9(12)4-8)15-6-13-5-14-15/h2-7H,1H3,(H,16,17). The van der Waals surface area contributed by atoms with Crippen LogP contribution in [0.1, 0.15) is 18.4 Å². The zero-order chi connectivity index (χ0) is 12.4. The number of halogens is 1. The Labute approximate surface area is 103 Å². The number of carboxylic acid groups (broad SMARTS) is 1. The molecule has 2 rings (SSSR count). The fourth-order valence-corrected chi connectivity index (χ4v) is 1.73. The molecule has 0 aliphatic carbocycles. The first-order valence-corrected chi connectivity index (χ1v) is 5.34. The molecule has 5 nitrogen and oxygen atoms in total. The van der Waals surface area contributed by atoms with Gasteiger partial charge in [0.25, 0.3) is 0 Å². The number of aromatic nitrogens is 3. The predicted molar refractivity (Wildman–Crippen MR) is 62.4 cm³/mol. The van der Waals surface area contributed by atoms with Gasteiger partial charge >= 0.3 is 5.97 Å². The molecule has 0 bridgehead atoms. The van der Waals surface area contributed by atoms with E-state index in [2.05, 4.69) is 10.1 Å². The number of benzene rings is 1. The summed E-state index contributed by atoms with van der Waals surface area (Å²) in [5.74, 6) is -1.47. The smallest absolute Gasteiger partial charge is 0.310 e. The Balaban J connectivity index is 2.39. The third-order valence-electron chi connectivity index (χ3n) is 2.51. The predicted octanol–water partition coefficient (Wildman–Crippen LogP) is 2.11. The SMILES string of the molecule is CC(C(=O)O)c1ccc(-n2cncn2)c(Cl)c1. The van der Waals surface area contributed by atoms with Crippen LogP contribution in [0, 0.1) is 0 Å². The number of rotatable bonds is 3. The van der Waals surface area contributed by atoms with Gasteiger partial charge in [-0.05, 0) is 24.6 Å². The van der Waals surface area contributed by atoms with E-state index in [0.717, 1.165) is 0 Å². The average molecular weight is 252 g/mol. The molecule has 0 aliphatic rings. The van der Waals surface area contributed by atoms with Crippen molar-refractivity contribution in [3.8, 4) is 5.69 Å². The zero-order valence-corrected chi connectivity index (χ0v) is 9.80. The van der Waals surface area contributed by atoms with Gasteiger partial charge < -0.3 is 5.11 Å². The van der Waals surface area contributed by atoms with Crippen LogP contribution in [0.25, 0.3) is 5.69 Å². The summed E-state index contributed by atoms with van der Waals surface area (Å²) in [6.45, 7) is 1.61. The second kappa shape index (κ2) is 4.55. The molecule has 0 aliphatic heterocycles. The van der Waals surface area contributed by atoms with E-state index in [1.807, 2.05) is 0 Å². The summed E-state index contributed by atoms with van der Waals surface area (Å²) >= 11 is 6.09. The van der Waals surface area contributed by atoms with E-state index in [4.69, 9.17) is 16.7 Å². The summed E-state index contributed by atoms with van der Waals surface area (Å²) < 4.78 is 1.53. The summed E-state index contributed by atoms with van der Waals surface area (Å²) in [4.78, 5) is 14.7. The van der Waals surface area contributed by atoms with E-state index in [-0.39, 0.29) is 0 Å². The Morgan fingerprint density at radius 3 is 2.82 bits per heavy atom. The highest BCUT2D eigenvalue weighted by molar-refractivity contribution is 6.32. The molecule has 0 spiro atoms. The van der Waals surface area contributed by atoms with Gasteiger partial charge in [-0.2, -0.15) is 5.10 Å². The molecule has 0 fully saturated rings. The van der Waals surface area contributed by atoms with E-state index < -0.39 is 11.9 Å². The highest BCUT2D eigenvalue weighted by Crippen LogP contribution is 2.25. The highest BCUT2D eigenvalue weighted by Gasteiger charge is 2.15. The number of carbonyl (C=O) groups is 1. The fourth-order valence-electron chi connectivity index (χ4n) is 1.45. The van der Waals surface area contributed by atoms with Crippen LogP contribution in [-0.4, -0.2) is 25.8 Å². The number of hydrogen-bond acceptors (Lipinski definition) is 3. The minimum Gasteiger partial charge on any atom is -0.481 e. The lowest BCUT2D eigenvalue weighted by molar-refractivity contribution is -0.138. The number of aliphatic carboxylic acids is 1. The molecule has 1 unspecified atom stereocenters. The first-order valence-electron chi connectivity index (χ1n) is 4.97. The van der Waals surface area contributed by atoms with Gasteiger partial charge in [0.05, 0.1) is 16.6 Å². The van der Waals surface area contributed by atoms with Crippen molar-refractivity contribution in [2.24, 2.45) is 0 Å². The molecule has 17 heavy (non-hydrogen) atoms. The van der Waals surface area contributed by atoms with Crippen LogP contribution in [0.5, 0.6) is 0 Å². The number of hydrogen-bond donors (Lipinski definition) is 1. The highest BCUT2D eigenvalue weighted by atomic mass is 35.5. The van der Waals surface area contributed by atoms with E-state index in [9.17, 15) is 4.79 Å². The van der Waals surface area contributed by atoms with Crippen LogP contribution in [0.4, 0.5) is 0 Å². The Morgan fingerprint density at radius 2 is 2.29 bits per heavy atom. The van der Waals surface area contributed by atoms with Crippen LogP contribution in [0.3, 0.4) is 0 Å². The molecule has 0 radical (unpaired) electrons. The Kier molecular flexibility index (Phi) is 3.10. The maximum absolute atomic E-state index is 10.9. The van der Waals surface area contributed by atoms with Gasteiger partial charge in [-0.15, -0.1) is 0 Å². The molecule has 1 atom stereocenters. The second-order valence-electron chi connectivity index (χ2n) is 3.61. The minimum absolute atomic E-state index is 0.445. The zero-order valence-electron chi connectivity index (χ0n) is 9.04. The van der Waals surface area contributed by atoms with Crippen molar-refractivity contribution in [2.75, 3.05) is 0 Å². The van der Waals surface area contributed by atoms with E-state index >= 15 is 0 Å². The van der Waals surface area contributed by atoms with Gasteiger partial charge in [-0.25, -0.2) is 9.67 Å². The van der Waals surface area contributed by atoms with Crippen LogP contribution < -0.4 is 0 Å². The Hall–Kier alpha value is -1.88. The van der Waals surface area contributed by atoms with Gasteiger partial charge in [0.2, 0.25) is 0 Å². The fraction of sp³-hybridized carbons (Fsp3) is 0.182. The number of nitrogens with zero attached hydrogens (tertiary/aromatic N) is 3. The summed E-state index contributed by atoms with van der Waals surface area (Å²) in [7, 11) is 0. The van der Waals surface area contributed by atoms with Crippen molar-refractivity contribution in [2.45, 2.75) is 12.8 Å². The maximum atomic E-state index is 10.9. The molecule has 88 valence electrons. The van der Waals surface area contributed by atoms with Crippen molar-refractivity contribution in [3.05, 3.63) is 41.4 Å². The molecule has 2 aromatic rings. The third-order valence-corrected chi connectivity index (χ3v) is 2.81. The lowest BCUT2D eigenvalue weighted by Gasteiger charge is -2.09. The Morgan fingerprint density at radius 1 is 1.53 bits per heavy atom. The van der Waals surface area contributed by atoms with Crippen molar-refractivity contribution in [1.82, 2.24) is 14.8 Å². The molecule has 0 saturated carbocycles. The molecule has 1 aromatic heterocycles. The van der Waals surface area contributed by atoms with Crippen molar-refractivity contribution >= 4 is 17.6 Å². The molecule has 1 aromatic carbocycles. The van der Waals surface area contributed by atoms with Crippen molar-refractivity contribution in [3.63, 3.8) is 0 Å². The van der Waals surface area contributed by atoms with Crippen LogP contribution in [0.15, 0.2) is 30.9 Å². The van der Waals surface area contributed by atoms with Crippen LogP contribution >= 0.6 is 11.6 Å². The Bertz CT molecular complexity index is 540. The minimum atomic E-state index is -0.880. The monoisotopic (exact) mass is 251 g/mol. The molecule has 6 heteroatoms. The van der Waals surface area contributed by atoms with E-state index in [0.29, 0.717) is 16.3 Å². The quantitative estimate of drug-likeness (QED) is 0.907. The normalized spacial score (nSPS) is 12.4. The lowest BCUT2D eigenvalue weighted by Crippen LogP contribution is -2.07. The summed E-state index contributed by atoms with van der Waals surface area (Å²) in [5, 5.41) is 13.3. The molecular formula is C11H10ClN3O2. The molecule has 1 N–H and O–H groups in total. The van der Waals surface area contributed by atoms with Gasteiger partial charge in [-0.1, -0.05) is 17.7 Å². The third kappa shape index (κ3) is 2.29. The summed E-state index contributed by atoms with van der Waals surface area (Å²) in [6, 6.07) is 5.09. The van der Waals surface area contributed by atoms with Crippen LogP contribution in [-0.2, 0) is 4.79 Å². The second-order valence-corrected chi connectivity index (χ2v) is 4.02. The maximum Gasteiger partial charge on any atom is 0.310 e. The van der Waals surface area contributed by atoms with Gasteiger partial charge in [0.1, 0.15) is 12.7 Å². The molecule has 0 saturated heterocycles. The van der Waals surface area contributed by atoms with Crippen molar-refractivity contribution < 1.29 is 9.90 Å². The first-order chi connectivity index (χ1) is 8.09. The first kappa shape index (κ1) is 11.6. The molecule has 0 amide bonds. The summed E-state index contributed by atoms with van der Waals surface area (Å²) in [6.07, 6.45) is 2.94. The van der Waals surface area contributed by atoms with Gasteiger partial charge in [0, 0.05) is 0 Å². The van der Waals surface area contributed by atoms with Crippen LogP contribution in [0.2, 0.25) is 5.02 Å². The topological polar surface area (TPSA) is 68.0 Å². The van der Waals surface area contributed by atoms with Gasteiger partial charge in [-0.3, -0.25) is 4.79 Å². The average Bonchev–Trinajstić information content (AvgIpc) is 2.81. The van der Waals surface area contributed by atoms with E-state index in [1.54, 1.807) is 25.1 Å². The lowest BCUT2D eigenvalue weighted by atomic mass is 10.0.